The van der Waals surface area contributed by atoms with Crippen LogP contribution in [0.3, 0.4) is 0 Å². The van der Waals surface area contributed by atoms with Gasteiger partial charge in [0.05, 0.1) is 6.61 Å². The summed E-state index contributed by atoms with van der Waals surface area (Å²) >= 11 is 5.64. The van der Waals surface area contributed by atoms with Gasteiger partial charge in [0.25, 0.3) is 0 Å². The van der Waals surface area contributed by atoms with Crippen molar-refractivity contribution in [2.24, 2.45) is 0 Å². The molecule has 0 aliphatic rings. The lowest BCUT2D eigenvalue weighted by Gasteiger charge is -2.30. The summed E-state index contributed by atoms with van der Waals surface area (Å²) in [5.41, 5.74) is -0.597. The molecule has 0 heterocycles. The van der Waals surface area contributed by atoms with Crippen LogP contribution in [0.15, 0.2) is 0 Å². The molecule has 0 aliphatic heterocycles. The van der Waals surface area contributed by atoms with Crippen molar-refractivity contribution < 1.29 is 19.1 Å². The molecule has 0 aromatic carbocycles. The Bertz CT molecular complexity index is 328. The first kappa shape index (κ1) is 20.0. The van der Waals surface area contributed by atoms with Gasteiger partial charge in [-0.3, -0.25) is 4.90 Å². The smallest absolute Gasteiger partial charge is 0.411 e. The van der Waals surface area contributed by atoms with E-state index in [-0.39, 0.29) is 6.61 Å². The Morgan fingerprint density at radius 2 is 1.81 bits per heavy atom. The van der Waals surface area contributed by atoms with Gasteiger partial charge in [-0.05, 0) is 47.5 Å². The highest BCUT2D eigenvalue weighted by Gasteiger charge is 2.30. The van der Waals surface area contributed by atoms with Crippen molar-refractivity contribution in [3.8, 4) is 0 Å². The molecule has 0 bridgehead atoms. The molecule has 1 atom stereocenters. The lowest BCUT2D eigenvalue weighted by Crippen LogP contribution is -2.46. The molecule has 0 N–H and O–H groups in total. The molecule has 5 nitrogen and oxygen atoms in total. The van der Waals surface area contributed by atoms with E-state index in [1.165, 1.54) is 4.90 Å². The van der Waals surface area contributed by atoms with Crippen LogP contribution in [0.5, 0.6) is 0 Å². The van der Waals surface area contributed by atoms with Gasteiger partial charge in [-0.2, -0.15) is 0 Å². The average Bonchev–Trinajstić information content (AvgIpc) is 2.36. The highest BCUT2D eigenvalue weighted by Crippen LogP contribution is 2.14. The summed E-state index contributed by atoms with van der Waals surface area (Å²) in [6.07, 6.45) is 2.07. The minimum Gasteiger partial charge on any atom is -0.464 e. The highest BCUT2D eigenvalue weighted by atomic mass is 35.5. The van der Waals surface area contributed by atoms with Gasteiger partial charge in [0, 0.05) is 12.4 Å². The molecular weight excluding hydrogens is 294 g/mol. The largest absolute Gasteiger partial charge is 0.464 e. The predicted octanol–water partition coefficient (Wildman–Crippen LogP) is 3.58. The van der Waals surface area contributed by atoms with Crippen molar-refractivity contribution in [1.82, 2.24) is 4.90 Å². The fourth-order valence-corrected chi connectivity index (χ4v) is 1.90. The fraction of sp³-hybridized carbons (Fsp3) is 0.867. The number of carbonyl (C=O) groups is 2. The number of alkyl halides is 1. The third-order valence-corrected chi connectivity index (χ3v) is 3.02. The van der Waals surface area contributed by atoms with Crippen molar-refractivity contribution in [1.29, 1.82) is 0 Å². The second kappa shape index (κ2) is 9.87. The number of esters is 1. The topological polar surface area (TPSA) is 55.8 Å². The lowest BCUT2D eigenvalue weighted by molar-refractivity contribution is -0.148. The number of nitrogens with zero attached hydrogens (tertiary/aromatic N) is 1. The minimum absolute atomic E-state index is 0.289. The summed E-state index contributed by atoms with van der Waals surface area (Å²) < 4.78 is 10.3. The Kier molecular flexibility index (Phi) is 9.42. The van der Waals surface area contributed by atoms with Crippen LogP contribution >= 0.6 is 11.6 Å². The first-order valence-corrected chi connectivity index (χ1v) is 7.98. The lowest BCUT2D eigenvalue weighted by atomic mass is 10.2. The number of hydrogen-bond acceptors (Lipinski definition) is 4. The van der Waals surface area contributed by atoms with E-state index in [2.05, 4.69) is 0 Å². The van der Waals surface area contributed by atoms with Crippen molar-refractivity contribution in [3.63, 3.8) is 0 Å². The van der Waals surface area contributed by atoms with Gasteiger partial charge < -0.3 is 9.47 Å². The summed E-state index contributed by atoms with van der Waals surface area (Å²) in [4.78, 5) is 25.5. The van der Waals surface area contributed by atoms with Crippen LogP contribution < -0.4 is 0 Å². The molecule has 124 valence electrons. The van der Waals surface area contributed by atoms with Gasteiger partial charge in [-0.1, -0.05) is 6.42 Å². The van der Waals surface area contributed by atoms with Crippen molar-refractivity contribution >= 4 is 23.7 Å². The minimum atomic E-state index is -0.657. The second-order valence-corrected chi connectivity index (χ2v) is 6.23. The molecule has 0 radical (unpaired) electrons. The molecule has 0 aromatic heterocycles. The van der Waals surface area contributed by atoms with E-state index < -0.39 is 23.7 Å². The fourth-order valence-electron chi connectivity index (χ4n) is 1.71. The molecule has 0 saturated carbocycles. The van der Waals surface area contributed by atoms with E-state index in [4.69, 9.17) is 21.1 Å². The van der Waals surface area contributed by atoms with E-state index in [1.807, 2.05) is 0 Å². The molecule has 0 fully saturated rings. The van der Waals surface area contributed by atoms with Gasteiger partial charge in [0.15, 0.2) is 0 Å². The summed E-state index contributed by atoms with van der Waals surface area (Å²) in [5.74, 6) is 0.181. The maximum absolute atomic E-state index is 12.2. The van der Waals surface area contributed by atoms with E-state index in [0.717, 1.165) is 19.3 Å². The van der Waals surface area contributed by atoms with Crippen LogP contribution in [0.4, 0.5) is 4.79 Å². The number of unbranched alkanes of at least 4 members (excludes halogenated alkanes) is 2. The third-order valence-electron chi connectivity index (χ3n) is 2.76. The Balaban J connectivity index is 4.74. The molecule has 0 rings (SSSR count). The van der Waals surface area contributed by atoms with Gasteiger partial charge >= 0.3 is 12.1 Å². The molecule has 6 heteroatoms. The van der Waals surface area contributed by atoms with Crippen LogP contribution in [-0.2, 0) is 14.3 Å². The molecule has 0 aliphatic carbocycles. The maximum atomic E-state index is 12.2. The summed E-state index contributed by atoms with van der Waals surface area (Å²) in [6, 6.07) is -0.657. The number of ether oxygens (including phenoxy) is 2. The Labute approximate surface area is 132 Å². The summed E-state index contributed by atoms with van der Waals surface area (Å²) in [5, 5.41) is 0. The monoisotopic (exact) mass is 321 g/mol. The van der Waals surface area contributed by atoms with Gasteiger partial charge in [-0.25, -0.2) is 9.59 Å². The second-order valence-electron chi connectivity index (χ2n) is 5.85. The van der Waals surface area contributed by atoms with Crippen LogP contribution in [0.2, 0.25) is 0 Å². The molecular formula is C15H28ClNO4. The molecule has 21 heavy (non-hydrogen) atoms. The maximum Gasteiger partial charge on any atom is 0.411 e. The van der Waals surface area contributed by atoms with E-state index in [1.54, 1.807) is 34.6 Å². The molecule has 0 spiro atoms. The zero-order valence-electron chi connectivity index (χ0n) is 13.8. The third kappa shape index (κ3) is 8.81. The normalized spacial score (nSPS) is 12.7. The van der Waals surface area contributed by atoms with Crippen LogP contribution in [0.1, 0.15) is 53.9 Å². The highest BCUT2D eigenvalue weighted by molar-refractivity contribution is 6.17. The van der Waals surface area contributed by atoms with Gasteiger partial charge in [0.2, 0.25) is 0 Å². The van der Waals surface area contributed by atoms with E-state index in [9.17, 15) is 9.59 Å². The van der Waals surface area contributed by atoms with E-state index in [0.29, 0.717) is 12.4 Å². The van der Waals surface area contributed by atoms with E-state index >= 15 is 0 Å². The van der Waals surface area contributed by atoms with Crippen LogP contribution in [-0.4, -0.2) is 47.6 Å². The van der Waals surface area contributed by atoms with Gasteiger partial charge in [0.1, 0.15) is 11.6 Å². The quantitative estimate of drug-likeness (QED) is 0.389. The summed E-state index contributed by atoms with van der Waals surface area (Å²) in [7, 11) is 0. The zero-order chi connectivity index (χ0) is 16.5. The van der Waals surface area contributed by atoms with Crippen molar-refractivity contribution in [2.75, 3.05) is 19.0 Å². The number of carbonyl (C=O) groups excluding carboxylic acids is 2. The molecule has 0 unspecified atom stereocenters. The zero-order valence-corrected chi connectivity index (χ0v) is 14.5. The Morgan fingerprint density at radius 3 is 2.29 bits per heavy atom. The van der Waals surface area contributed by atoms with Crippen LogP contribution in [0, 0.1) is 0 Å². The Hall–Kier alpha value is -0.970. The number of rotatable bonds is 8. The molecule has 0 saturated heterocycles. The van der Waals surface area contributed by atoms with Crippen LogP contribution in [0.25, 0.3) is 0 Å². The average molecular weight is 322 g/mol. The number of halogens is 1. The number of amides is 1. The predicted molar refractivity (Wildman–Crippen MR) is 83.6 cm³/mol. The molecule has 1 amide bonds. The standard InChI is InChI=1S/C15H28ClNO4/c1-6-20-13(18)12(2)17(11-9-7-8-10-16)14(19)21-15(3,4)5/h12H,6-11H2,1-5H3/t12-/m0/s1. The Morgan fingerprint density at radius 1 is 1.19 bits per heavy atom. The van der Waals surface area contributed by atoms with Crippen molar-refractivity contribution in [3.05, 3.63) is 0 Å². The molecule has 0 aromatic rings. The SMILES string of the molecule is CCOC(=O)[C@H](C)N(CCCCCCl)C(=O)OC(C)(C)C. The first-order valence-electron chi connectivity index (χ1n) is 7.45. The van der Waals surface area contributed by atoms with Crippen molar-refractivity contribution in [2.45, 2.75) is 65.5 Å². The number of hydrogen-bond donors (Lipinski definition) is 0. The van der Waals surface area contributed by atoms with Gasteiger partial charge in [-0.15, -0.1) is 11.6 Å². The summed E-state index contributed by atoms with van der Waals surface area (Å²) in [6.45, 7) is 9.53. The first-order chi connectivity index (χ1) is 9.72.